The number of hydrogen-bond acceptors (Lipinski definition) is 2. The van der Waals surface area contributed by atoms with Crippen LogP contribution in [-0.2, 0) is 4.79 Å². The van der Waals surface area contributed by atoms with Crippen LogP contribution in [0.15, 0.2) is 48.8 Å². The first-order valence-electron chi connectivity index (χ1n) is 5.59. The second-order valence-electron chi connectivity index (χ2n) is 3.97. The van der Waals surface area contributed by atoms with Crippen molar-refractivity contribution in [3.63, 3.8) is 0 Å². The molecule has 18 heavy (non-hydrogen) atoms. The van der Waals surface area contributed by atoms with Crippen molar-refractivity contribution < 1.29 is 9.18 Å². The normalized spacial score (nSPS) is 11.9. The number of amides is 1. The lowest BCUT2D eigenvalue weighted by Gasteiger charge is -2.18. The van der Waals surface area contributed by atoms with Crippen molar-refractivity contribution in [1.29, 1.82) is 0 Å². The Morgan fingerprint density at radius 2 is 1.94 bits per heavy atom. The molecule has 0 aliphatic rings. The summed E-state index contributed by atoms with van der Waals surface area (Å²) in [6.45, 7) is 1.45. The molecular formula is C14H13FN2O. The number of hydrogen-bond donors (Lipinski definition) is 1. The summed E-state index contributed by atoms with van der Waals surface area (Å²) in [7, 11) is 0. The first-order valence-corrected chi connectivity index (χ1v) is 5.59. The number of aromatic nitrogens is 1. The fourth-order valence-corrected chi connectivity index (χ4v) is 1.76. The highest BCUT2D eigenvalue weighted by Gasteiger charge is 2.15. The van der Waals surface area contributed by atoms with Crippen molar-refractivity contribution >= 4 is 5.91 Å². The summed E-state index contributed by atoms with van der Waals surface area (Å²) in [5, 5.41) is 2.83. The Balaban J connectivity index is 2.36. The molecule has 1 N–H and O–H groups in total. The largest absolute Gasteiger partial charge is 0.345 e. The minimum Gasteiger partial charge on any atom is -0.345 e. The summed E-state index contributed by atoms with van der Waals surface area (Å²) >= 11 is 0. The fraction of sp³-hybridized carbons (Fsp3) is 0.143. The van der Waals surface area contributed by atoms with Gasteiger partial charge in [-0.2, -0.15) is 0 Å². The van der Waals surface area contributed by atoms with Gasteiger partial charge in [0.05, 0.1) is 6.04 Å². The van der Waals surface area contributed by atoms with Gasteiger partial charge in [-0.3, -0.25) is 9.78 Å². The van der Waals surface area contributed by atoms with Gasteiger partial charge in [-0.15, -0.1) is 0 Å². The number of halogens is 1. The molecule has 1 atom stereocenters. The average molecular weight is 244 g/mol. The molecule has 92 valence electrons. The Labute approximate surface area is 105 Å². The monoisotopic (exact) mass is 244 g/mol. The molecule has 0 bridgehead atoms. The maximum Gasteiger partial charge on any atom is 0.217 e. The van der Waals surface area contributed by atoms with E-state index < -0.39 is 0 Å². The minimum absolute atomic E-state index is 0.145. The standard InChI is InChI=1S/C14H13FN2O/c1-10(18)17-14(12-3-2-8-16-9-12)11-4-6-13(15)7-5-11/h2-9,14H,1H3,(H,17,18)/t14-/m1/s1. The van der Waals surface area contributed by atoms with Crippen molar-refractivity contribution in [2.45, 2.75) is 13.0 Å². The third kappa shape index (κ3) is 2.91. The zero-order valence-electron chi connectivity index (χ0n) is 9.93. The van der Waals surface area contributed by atoms with Gasteiger partial charge in [-0.05, 0) is 29.3 Å². The Morgan fingerprint density at radius 1 is 1.22 bits per heavy atom. The van der Waals surface area contributed by atoms with Gasteiger partial charge >= 0.3 is 0 Å². The van der Waals surface area contributed by atoms with Crippen LogP contribution < -0.4 is 5.32 Å². The molecule has 2 rings (SSSR count). The van der Waals surface area contributed by atoms with Crippen LogP contribution >= 0.6 is 0 Å². The van der Waals surface area contributed by atoms with E-state index in [4.69, 9.17) is 0 Å². The Kier molecular flexibility index (Phi) is 3.67. The van der Waals surface area contributed by atoms with Gasteiger partial charge in [0.1, 0.15) is 5.82 Å². The van der Waals surface area contributed by atoms with Crippen LogP contribution in [0.4, 0.5) is 4.39 Å². The highest BCUT2D eigenvalue weighted by Crippen LogP contribution is 2.21. The third-order valence-corrected chi connectivity index (χ3v) is 2.57. The van der Waals surface area contributed by atoms with E-state index in [1.807, 2.05) is 6.07 Å². The summed E-state index contributed by atoms with van der Waals surface area (Å²) in [6, 6.07) is 9.43. The van der Waals surface area contributed by atoms with Crippen LogP contribution in [0, 0.1) is 5.82 Å². The SMILES string of the molecule is CC(=O)N[C@H](c1ccc(F)cc1)c1cccnc1. The molecule has 0 radical (unpaired) electrons. The molecule has 0 unspecified atom stereocenters. The van der Waals surface area contributed by atoms with Crippen molar-refractivity contribution in [2.75, 3.05) is 0 Å². The van der Waals surface area contributed by atoms with Crippen LogP contribution in [0.2, 0.25) is 0 Å². The number of carbonyl (C=O) groups excluding carboxylic acids is 1. The fourth-order valence-electron chi connectivity index (χ4n) is 1.76. The van der Waals surface area contributed by atoms with Crippen molar-refractivity contribution in [2.24, 2.45) is 0 Å². The highest BCUT2D eigenvalue weighted by atomic mass is 19.1. The van der Waals surface area contributed by atoms with E-state index in [1.165, 1.54) is 19.1 Å². The van der Waals surface area contributed by atoms with Crippen LogP contribution in [0.5, 0.6) is 0 Å². The molecule has 1 aromatic heterocycles. The van der Waals surface area contributed by atoms with E-state index in [0.717, 1.165) is 11.1 Å². The van der Waals surface area contributed by atoms with Gasteiger partial charge in [-0.1, -0.05) is 18.2 Å². The van der Waals surface area contributed by atoms with E-state index in [9.17, 15) is 9.18 Å². The summed E-state index contributed by atoms with van der Waals surface area (Å²) in [4.78, 5) is 15.3. The molecule has 1 heterocycles. The molecule has 3 nitrogen and oxygen atoms in total. The number of nitrogens with zero attached hydrogens (tertiary/aromatic N) is 1. The Bertz CT molecular complexity index is 525. The van der Waals surface area contributed by atoms with Gasteiger partial charge in [0.2, 0.25) is 5.91 Å². The summed E-state index contributed by atoms with van der Waals surface area (Å²) in [5.74, 6) is -0.445. The van der Waals surface area contributed by atoms with E-state index in [2.05, 4.69) is 10.3 Å². The number of benzene rings is 1. The molecular weight excluding hydrogens is 231 g/mol. The molecule has 0 spiro atoms. The molecule has 0 fully saturated rings. The molecule has 0 saturated carbocycles. The summed E-state index contributed by atoms with van der Waals surface area (Å²) < 4.78 is 12.9. The lowest BCUT2D eigenvalue weighted by molar-refractivity contribution is -0.119. The first kappa shape index (κ1) is 12.2. The molecule has 1 aromatic carbocycles. The highest BCUT2D eigenvalue weighted by molar-refractivity contribution is 5.74. The molecule has 0 saturated heterocycles. The second-order valence-corrected chi connectivity index (χ2v) is 3.97. The van der Waals surface area contributed by atoms with E-state index in [0.29, 0.717) is 0 Å². The molecule has 1 amide bonds. The number of carbonyl (C=O) groups is 1. The van der Waals surface area contributed by atoms with E-state index in [-0.39, 0.29) is 17.8 Å². The molecule has 4 heteroatoms. The van der Waals surface area contributed by atoms with Crippen LogP contribution in [0.3, 0.4) is 0 Å². The van der Waals surface area contributed by atoms with Crippen molar-refractivity contribution in [3.8, 4) is 0 Å². The smallest absolute Gasteiger partial charge is 0.217 e. The summed E-state index contributed by atoms with van der Waals surface area (Å²) in [5.41, 5.74) is 1.68. The zero-order chi connectivity index (χ0) is 13.0. The first-order chi connectivity index (χ1) is 8.66. The van der Waals surface area contributed by atoms with E-state index >= 15 is 0 Å². The van der Waals surface area contributed by atoms with Gasteiger partial charge in [-0.25, -0.2) is 4.39 Å². The lowest BCUT2D eigenvalue weighted by Crippen LogP contribution is -2.26. The lowest BCUT2D eigenvalue weighted by atomic mass is 10.00. The van der Waals surface area contributed by atoms with Crippen LogP contribution in [0.1, 0.15) is 24.1 Å². The molecule has 2 aromatic rings. The van der Waals surface area contributed by atoms with Crippen LogP contribution in [-0.4, -0.2) is 10.9 Å². The number of pyridine rings is 1. The van der Waals surface area contributed by atoms with Gasteiger partial charge < -0.3 is 5.32 Å². The maximum atomic E-state index is 12.9. The zero-order valence-corrected chi connectivity index (χ0v) is 9.93. The predicted octanol–water partition coefficient (Wildman–Crippen LogP) is 2.45. The van der Waals surface area contributed by atoms with Crippen molar-refractivity contribution in [3.05, 3.63) is 65.7 Å². The predicted molar refractivity (Wildman–Crippen MR) is 66.3 cm³/mol. The van der Waals surface area contributed by atoms with Crippen molar-refractivity contribution in [1.82, 2.24) is 10.3 Å². The topological polar surface area (TPSA) is 42.0 Å². The third-order valence-electron chi connectivity index (χ3n) is 2.57. The summed E-state index contributed by atoms with van der Waals surface area (Å²) in [6.07, 6.45) is 3.35. The maximum absolute atomic E-state index is 12.9. The second kappa shape index (κ2) is 5.40. The molecule has 0 aliphatic carbocycles. The number of nitrogens with one attached hydrogen (secondary N) is 1. The Morgan fingerprint density at radius 3 is 2.50 bits per heavy atom. The van der Waals surface area contributed by atoms with Gasteiger partial charge in [0.15, 0.2) is 0 Å². The molecule has 0 aliphatic heterocycles. The van der Waals surface area contributed by atoms with Gasteiger partial charge in [0, 0.05) is 19.3 Å². The quantitative estimate of drug-likeness (QED) is 0.901. The van der Waals surface area contributed by atoms with Gasteiger partial charge in [0.25, 0.3) is 0 Å². The average Bonchev–Trinajstić information content (AvgIpc) is 2.38. The van der Waals surface area contributed by atoms with E-state index in [1.54, 1.807) is 30.6 Å². The van der Waals surface area contributed by atoms with Crippen LogP contribution in [0.25, 0.3) is 0 Å². The Hall–Kier alpha value is -2.23. The minimum atomic E-state index is -0.309. The number of rotatable bonds is 3.